The van der Waals surface area contributed by atoms with Crippen LogP contribution in [-0.2, 0) is 0 Å². The quantitative estimate of drug-likeness (QED) is 0.783. The summed E-state index contributed by atoms with van der Waals surface area (Å²) in [5.41, 5.74) is 0. The number of hydrogen-bond acceptors (Lipinski definition) is 3. The first-order chi connectivity index (χ1) is 7.75. The summed E-state index contributed by atoms with van der Waals surface area (Å²) < 4.78 is 0. The molecular formula is C13H26N2O. The fourth-order valence-electron chi connectivity index (χ4n) is 2.97. The highest BCUT2D eigenvalue weighted by molar-refractivity contribution is 4.84. The summed E-state index contributed by atoms with van der Waals surface area (Å²) in [4.78, 5) is 5.21. The molecule has 2 saturated heterocycles. The highest BCUT2D eigenvalue weighted by Crippen LogP contribution is 2.20. The van der Waals surface area contributed by atoms with E-state index in [1.807, 2.05) is 6.92 Å². The summed E-state index contributed by atoms with van der Waals surface area (Å²) in [5.74, 6) is 0. The SMILES string of the molecule is CC(O)CCN1CCC(N2CCCCC2)C1. The fraction of sp³-hybridized carbons (Fsp3) is 1.00. The normalized spacial score (nSPS) is 30.8. The topological polar surface area (TPSA) is 26.7 Å². The van der Waals surface area contributed by atoms with Crippen molar-refractivity contribution in [3.63, 3.8) is 0 Å². The van der Waals surface area contributed by atoms with E-state index in [0.717, 1.165) is 19.0 Å². The van der Waals surface area contributed by atoms with E-state index in [1.54, 1.807) is 0 Å². The maximum Gasteiger partial charge on any atom is 0.0524 e. The number of piperidine rings is 1. The van der Waals surface area contributed by atoms with Crippen molar-refractivity contribution in [3.05, 3.63) is 0 Å². The van der Waals surface area contributed by atoms with Gasteiger partial charge in [-0.25, -0.2) is 0 Å². The molecule has 2 rings (SSSR count). The zero-order valence-electron chi connectivity index (χ0n) is 10.6. The van der Waals surface area contributed by atoms with Crippen LogP contribution < -0.4 is 0 Å². The molecule has 2 atom stereocenters. The summed E-state index contributed by atoms with van der Waals surface area (Å²) in [5, 5.41) is 9.29. The molecule has 16 heavy (non-hydrogen) atoms. The second kappa shape index (κ2) is 5.99. The van der Waals surface area contributed by atoms with Crippen LogP contribution in [0.5, 0.6) is 0 Å². The van der Waals surface area contributed by atoms with Gasteiger partial charge in [0.25, 0.3) is 0 Å². The van der Waals surface area contributed by atoms with Gasteiger partial charge in [0.2, 0.25) is 0 Å². The van der Waals surface area contributed by atoms with Gasteiger partial charge in [-0.3, -0.25) is 4.90 Å². The number of hydrogen-bond donors (Lipinski definition) is 1. The van der Waals surface area contributed by atoms with Gasteiger partial charge in [-0.2, -0.15) is 0 Å². The molecule has 0 aromatic heterocycles. The van der Waals surface area contributed by atoms with Crippen LogP contribution in [0.15, 0.2) is 0 Å². The van der Waals surface area contributed by atoms with Crippen molar-refractivity contribution in [2.24, 2.45) is 0 Å². The molecular weight excluding hydrogens is 200 g/mol. The second-order valence-corrected chi connectivity index (χ2v) is 5.48. The lowest BCUT2D eigenvalue weighted by atomic mass is 10.1. The third-order valence-corrected chi connectivity index (χ3v) is 4.02. The van der Waals surface area contributed by atoms with Gasteiger partial charge in [0.05, 0.1) is 6.10 Å². The fourth-order valence-corrected chi connectivity index (χ4v) is 2.97. The van der Waals surface area contributed by atoms with Crippen LogP contribution in [0, 0.1) is 0 Å². The Morgan fingerprint density at radius 1 is 1.19 bits per heavy atom. The van der Waals surface area contributed by atoms with Gasteiger partial charge in [-0.05, 0) is 52.2 Å². The molecule has 3 nitrogen and oxygen atoms in total. The highest BCUT2D eigenvalue weighted by atomic mass is 16.3. The van der Waals surface area contributed by atoms with Gasteiger partial charge in [0.1, 0.15) is 0 Å². The predicted molar refractivity (Wildman–Crippen MR) is 66.6 cm³/mol. The molecule has 0 bridgehead atoms. The van der Waals surface area contributed by atoms with Crippen molar-refractivity contribution in [2.45, 2.75) is 51.2 Å². The first-order valence-electron chi connectivity index (χ1n) is 6.90. The zero-order chi connectivity index (χ0) is 11.4. The smallest absolute Gasteiger partial charge is 0.0524 e. The van der Waals surface area contributed by atoms with E-state index in [4.69, 9.17) is 0 Å². The lowest BCUT2D eigenvalue weighted by molar-refractivity contribution is 0.146. The Kier molecular flexibility index (Phi) is 4.62. The molecule has 0 spiro atoms. The average Bonchev–Trinajstić information content (AvgIpc) is 2.76. The molecule has 1 N–H and O–H groups in total. The Labute approximate surface area is 99.4 Å². The third kappa shape index (κ3) is 3.44. The first kappa shape index (κ1) is 12.3. The van der Waals surface area contributed by atoms with Crippen molar-refractivity contribution in [2.75, 3.05) is 32.7 Å². The van der Waals surface area contributed by atoms with Gasteiger partial charge < -0.3 is 10.0 Å². The molecule has 0 radical (unpaired) electrons. The first-order valence-corrected chi connectivity index (χ1v) is 6.90. The number of nitrogens with zero attached hydrogens (tertiary/aromatic N) is 2. The van der Waals surface area contributed by atoms with Crippen LogP contribution in [0.1, 0.15) is 39.0 Å². The molecule has 3 heteroatoms. The van der Waals surface area contributed by atoms with Gasteiger partial charge in [0.15, 0.2) is 0 Å². The van der Waals surface area contributed by atoms with Crippen LogP contribution in [0.4, 0.5) is 0 Å². The predicted octanol–water partition coefficient (Wildman–Crippen LogP) is 1.32. The Morgan fingerprint density at radius 3 is 2.62 bits per heavy atom. The summed E-state index contributed by atoms with van der Waals surface area (Å²) in [7, 11) is 0. The molecule has 94 valence electrons. The lowest BCUT2D eigenvalue weighted by Gasteiger charge is -2.32. The average molecular weight is 226 g/mol. The molecule has 2 aliphatic rings. The van der Waals surface area contributed by atoms with Crippen LogP contribution in [-0.4, -0.2) is 59.8 Å². The van der Waals surface area contributed by atoms with E-state index in [-0.39, 0.29) is 6.10 Å². The molecule has 2 aliphatic heterocycles. The van der Waals surface area contributed by atoms with Crippen molar-refractivity contribution < 1.29 is 5.11 Å². The standard InChI is InChI=1S/C13H26N2O/c1-12(16)5-9-14-10-6-13(11-14)15-7-3-2-4-8-15/h12-13,16H,2-11H2,1H3. The second-order valence-electron chi connectivity index (χ2n) is 5.48. The summed E-state index contributed by atoms with van der Waals surface area (Å²) in [6.07, 6.45) is 6.32. The number of rotatable bonds is 4. The van der Waals surface area contributed by atoms with Crippen LogP contribution in [0.25, 0.3) is 0 Å². The minimum atomic E-state index is -0.144. The lowest BCUT2D eigenvalue weighted by Crippen LogP contribution is -2.41. The third-order valence-electron chi connectivity index (χ3n) is 4.02. The minimum absolute atomic E-state index is 0.144. The molecule has 0 aliphatic carbocycles. The van der Waals surface area contributed by atoms with Gasteiger partial charge in [-0.15, -0.1) is 0 Å². The van der Waals surface area contributed by atoms with E-state index in [1.165, 1.54) is 51.9 Å². The summed E-state index contributed by atoms with van der Waals surface area (Å²) >= 11 is 0. The molecule has 2 heterocycles. The summed E-state index contributed by atoms with van der Waals surface area (Å²) in [6.45, 7) is 8.05. The Morgan fingerprint density at radius 2 is 1.94 bits per heavy atom. The van der Waals surface area contributed by atoms with Crippen LogP contribution in [0.3, 0.4) is 0 Å². The van der Waals surface area contributed by atoms with Crippen LogP contribution >= 0.6 is 0 Å². The highest BCUT2D eigenvalue weighted by Gasteiger charge is 2.27. The summed E-state index contributed by atoms with van der Waals surface area (Å²) in [6, 6.07) is 0.800. The Bertz CT molecular complexity index is 202. The van der Waals surface area contributed by atoms with E-state index < -0.39 is 0 Å². The number of likely N-dealkylation sites (tertiary alicyclic amines) is 2. The van der Waals surface area contributed by atoms with Crippen LogP contribution in [0.2, 0.25) is 0 Å². The zero-order valence-corrected chi connectivity index (χ0v) is 10.6. The van der Waals surface area contributed by atoms with E-state index in [2.05, 4.69) is 9.80 Å². The largest absolute Gasteiger partial charge is 0.393 e. The van der Waals surface area contributed by atoms with Gasteiger partial charge in [-0.1, -0.05) is 6.42 Å². The Balaban J connectivity index is 1.70. The van der Waals surface area contributed by atoms with Gasteiger partial charge in [0, 0.05) is 19.1 Å². The van der Waals surface area contributed by atoms with Crippen molar-refractivity contribution in [3.8, 4) is 0 Å². The maximum atomic E-state index is 9.29. The number of aliphatic hydroxyl groups is 1. The monoisotopic (exact) mass is 226 g/mol. The Hall–Kier alpha value is -0.120. The minimum Gasteiger partial charge on any atom is -0.393 e. The van der Waals surface area contributed by atoms with E-state index >= 15 is 0 Å². The van der Waals surface area contributed by atoms with E-state index in [9.17, 15) is 5.11 Å². The van der Waals surface area contributed by atoms with Gasteiger partial charge >= 0.3 is 0 Å². The van der Waals surface area contributed by atoms with Crippen molar-refractivity contribution in [1.82, 2.24) is 9.80 Å². The maximum absolute atomic E-state index is 9.29. The molecule has 0 amide bonds. The van der Waals surface area contributed by atoms with E-state index in [0.29, 0.717) is 0 Å². The van der Waals surface area contributed by atoms with Crippen molar-refractivity contribution >= 4 is 0 Å². The van der Waals surface area contributed by atoms with Crippen molar-refractivity contribution in [1.29, 1.82) is 0 Å². The molecule has 0 aromatic rings. The molecule has 2 unspecified atom stereocenters. The number of aliphatic hydroxyl groups excluding tert-OH is 1. The molecule has 2 fully saturated rings. The molecule has 0 aromatic carbocycles. The molecule has 0 saturated carbocycles.